The number of esters is 1. The third-order valence-corrected chi connectivity index (χ3v) is 6.80. The van der Waals surface area contributed by atoms with Crippen LogP contribution in [0.4, 0.5) is 5.69 Å². The van der Waals surface area contributed by atoms with Gasteiger partial charge in [-0.2, -0.15) is 17.0 Å². The molecule has 2 aromatic rings. The van der Waals surface area contributed by atoms with Crippen LogP contribution >= 0.6 is 0 Å². The van der Waals surface area contributed by atoms with E-state index in [-0.39, 0.29) is 19.6 Å². The van der Waals surface area contributed by atoms with Crippen LogP contribution in [0.2, 0.25) is 0 Å². The number of nitrogens with zero attached hydrogens (tertiary/aromatic N) is 2. The summed E-state index contributed by atoms with van der Waals surface area (Å²) in [4.78, 5) is 23.9. The largest absolute Gasteiger partial charge is 0.497 e. The predicted molar refractivity (Wildman–Crippen MR) is 115 cm³/mol. The highest BCUT2D eigenvalue weighted by Gasteiger charge is 2.34. The number of carbonyl (C=O) groups is 2. The Labute approximate surface area is 181 Å². The maximum atomic E-state index is 13.0. The normalized spacial score (nSPS) is 16.5. The van der Waals surface area contributed by atoms with Gasteiger partial charge in [0, 0.05) is 25.3 Å². The standard InChI is InChI=1S/C21H25N3O6S/c1-29-19-6-3-5-16(13-19)14-23-11-4-12-24(31(23,27)28)15-20(25)22-18-9-7-17(8-10-18)21(26)30-2/h3,5-10,13H,4,11-12,14-15H2,1-2H3,(H,22,25). The molecule has 0 atom stereocenters. The summed E-state index contributed by atoms with van der Waals surface area (Å²) in [6.07, 6.45) is 0.615. The summed E-state index contributed by atoms with van der Waals surface area (Å²) in [5, 5.41) is 2.66. The van der Waals surface area contributed by atoms with Gasteiger partial charge in [-0.1, -0.05) is 12.1 Å². The van der Waals surface area contributed by atoms with Crippen LogP contribution in [-0.4, -0.2) is 62.8 Å². The molecule has 1 N–H and O–H groups in total. The Morgan fingerprint density at radius 2 is 1.74 bits per heavy atom. The van der Waals surface area contributed by atoms with Gasteiger partial charge < -0.3 is 14.8 Å². The second-order valence-corrected chi connectivity index (χ2v) is 8.93. The molecular weight excluding hydrogens is 422 g/mol. The molecule has 31 heavy (non-hydrogen) atoms. The highest BCUT2D eigenvalue weighted by atomic mass is 32.2. The molecule has 1 heterocycles. The first kappa shape index (κ1) is 22.7. The number of hydrogen-bond acceptors (Lipinski definition) is 6. The van der Waals surface area contributed by atoms with Crippen molar-refractivity contribution in [2.24, 2.45) is 0 Å². The summed E-state index contributed by atoms with van der Waals surface area (Å²) in [5.41, 5.74) is 1.62. The SMILES string of the molecule is COC(=O)c1ccc(NC(=O)CN2CCCN(Cc3cccc(OC)c3)S2(=O)=O)cc1. The molecule has 1 saturated heterocycles. The zero-order chi connectivity index (χ0) is 22.4. The van der Waals surface area contributed by atoms with Crippen LogP contribution in [0.5, 0.6) is 5.75 Å². The topological polar surface area (TPSA) is 105 Å². The van der Waals surface area contributed by atoms with Gasteiger partial charge >= 0.3 is 5.97 Å². The molecule has 0 radical (unpaired) electrons. The minimum atomic E-state index is -3.79. The fraction of sp³-hybridized carbons (Fsp3) is 0.333. The van der Waals surface area contributed by atoms with Crippen molar-refractivity contribution in [3.63, 3.8) is 0 Å². The minimum Gasteiger partial charge on any atom is -0.497 e. The summed E-state index contributed by atoms with van der Waals surface area (Å²) >= 11 is 0. The highest BCUT2D eigenvalue weighted by molar-refractivity contribution is 7.86. The lowest BCUT2D eigenvalue weighted by Gasteiger charge is -2.34. The van der Waals surface area contributed by atoms with E-state index in [1.807, 2.05) is 6.07 Å². The molecule has 1 aliphatic heterocycles. The van der Waals surface area contributed by atoms with Gasteiger partial charge in [-0.3, -0.25) is 4.79 Å². The number of amides is 1. The lowest BCUT2D eigenvalue weighted by Crippen LogP contribution is -2.51. The third kappa shape index (κ3) is 5.60. The number of methoxy groups -OCH3 is 2. The molecule has 0 aromatic heterocycles. The van der Waals surface area contributed by atoms with Gasteiger partial charge in [0.2, 0.25) is 5.91 Å². The van der Waals surface area contributed by atoms with Crippen molar-refractivity contribution in [3.8, 4) is 5.75 Å². The maximum Gasteiger partial charge on any atom is 0.337 e. The fourth-order valence-electron chi connectivity index (χ4n) is 3.28. The molecule has 0 saturated carbocycles. The molecular formula is C21H25N3O6S. The van der Waals surface area contributed by atoms with Crippen LogP contribution in [0.3, 0.4) is 0 Å². The predicted octanol–water partition coefficient (Wildman–Crippen LogP) is 1.87. The van der Waals surface area contributed by atoms with Crippen molar-refractivity contribution in [2.45, 2.75) is 13.0 Å². The molecule has 1 amide bonds. The van der Waals surface area contributed by atoms with Gasteiger partial charge in [0.1, 0.15) is 5.75 Å². The van der Waals surface area contributed by atoms with Gasteiger partial charge in [0.05, 0.1) is 26.3 Å². The number of nitrogens with one attached hydrogen (secondary N) is 1. The minimum absolute atomic E-state index is 0.201. The second kappa shape index (κ2) is 9.90. The zero-order valence-electron chi connectivity index (χ0n) is 17.4. The first-order chi connectivity index (χ1) is 14.8. The quantitative estimate of drug-likeness (QED) is 0.650. The van der Waals surface area contributed by atoms with E-state index in [0.717, 1.165) is 5.56 Å². The van der Waals surface area contributed by atoms with Crippen LogP contribution in [0.25, 0.3) is 0 Å². The summed E-state index contributed by atoms with van der Waals surface area (Å²) in [7, 11) is -0.945. The summed E-state index contributed by atoms with van der Waals surface area (Å²) < 4.78 is 38.4. The molecule has 0 aliphatic carbocycles. The Balaban J connectivity index is 1.64. The van der Waals surface area contributed by atoms with Gasteiger partial charge in [0.15, 0.2) is 0 Å². The Hall–Kier alpha value is -2.95. The third-order valence-electron chi connectivity index (χ3n) is 4.87. The number of hydrogen-bond donors (Lipinski definition) is 1. The summed E-state index contributed by atoms with van der Waals surface area (Å²) in [5.74, 6) is -0.285. The van der Waals surface area contributed by atoms with E-state index >= 15 is 0 Å². The van der Waals surface area contributed by atoms with E-state index in [0.29, 0.717) is 30.0 Å². The van der Waals surface area contributed by atoms with Gasteiger partial charge in [-0.15, -0.1) is 0 Å². The number of carbonyl (C=O) groups excluding carboxylic acids is 2. The Morgan fingerprint density at radius 1 is 1.03 bits per heavy atom. The van der Waals surface area contributed by atoms with Crippen LogP contribution in [0.15, 0.2) is 48.5 Å². The molecule has 0 unspecified atom stereocenters. The van der Waals surface area contributed by atoms with E-state index in [4.69, 9.17) is 4.74 Å². The van der Waals surface area contributed by atoms with E-state index in [2.05, 4.69) is 10.1 Å². The Morgan fingerprint density at radius 3 is 2.42 bits per heavy atom. The van der Waals surface area contributed by atoms with Crippen molar-refractivity contribution in [1.29, 1.82) is 0 Å². The summed E-state index contributed by atoms with van der Waals surface area (Å²) in [6.45, 7) is 0.556. The van der Waals surface area contributed by atoms with E-state index in [1.54, 1.807) is 37.4 Å². The Bertz CT molecular complexity index is 1040. The molecule has 0 bridgehead atoms. The van der Waals surface area contributed by atoms with Gasteiger partial charge in [-0.25, -0.2) is 4.79 Å². The number of ether oxygens (including phenoxy) is 2. The van der Waals surface area contributed by atoms with E-state index in [1.165, 1.54) is 27.9 Å². The molecule has 3 rings (SSSR count). The van der Waals surface area contributed by atoms with E-state index < -0.39 is 22.1 Å². The lowest BCUT2D eigenvalue weighted by molar-refractivity contribution is -0.116. The first-order valence-electron chi connectivity index (χ1n) is 9.70. The van der Waals surface area contributed by atoms with Gasteiger partial charge in [-0.05, 0) is 48.4 Å². The van der Waals surface area contributed by atoms with Crippen molar-refractivity contribution < 1.29 is 27.5 Å². The number of rotatable bonds is 7. The van der Waals surface area contributed by atoms with Crippen LogP contribution in [-0.2, 0) is 26.3 Å². The average Bonchev–Trinajstić information content (AvgIpc) is 2.76. The molecule has 9 nitrogen and oxygen atoms in total. The first-order valence-corrected chi connectivity index (χ1v) is 11.1. The van der Waals surface area contributed by atoms with Crippen molar-refractivity contribution >= 4 is 27.8 Å². The highest BCUT2D eigenvalue weighted by Crippen LogP contribution is 2.21. The summed E-state index contributed by atoms with van der Waals surface area (Å²) in [6, 6.07) is 13.4. The van der Waals surface area contributed by atoms with Crippen molar-refractivity contribution in [3.05, 3.63) is 59.7 Å². The van der Waals surface area contributed by atoms with Gasteiger partial charge in [0.25, 0.3) is 10.2 Å². The van der Waals surface area contributed by atoms with Crippen LogP contribution < -0.4 is 10.1 Å². The monoisotopic (exact) mass is 447 g/mol. The maximum absolute atomic E-state index is 13.0. The Kier molecular flexibility index (Phi) is 7.26. The zero-order valence-corrected chi connectivity index (χ0v) is 18.2. The number of anilines is 1. The molecule has 1 fully saturated rings. The van der Waals surface area contributed by atoms with Crippen LogP contribution in [0, 0.1) is 0 Å². The second-order valence-electron chi connectivity index (χ2n) is 7.00. The van der Waals surface area contributed by atoms with E-state index in [9.17, 15) is 18.0 Å². The van der Waals surface area contributed by atoms with Crippen molar-refractivity contribution in [2.75, 3.05) is 39.2 Å². The molecule has 0 spiro atoms. The lowest BCUT2D eigenvalue weighted by atomic mass is 10.2. The molecule has 2 aromatic carbocycles. The molecule has 166 valence electrons. The number of benzene rings is 2. The molecule has 1 aliphatic rings. The van der Waals surface area contributed by atoms with Crippen LogP contribution in [0.1, 0.15) is 22.3 Å². The molecule has 10 heteroatoms. The smallest absolute Gasteiger partial charge is 0.337 e. The average molecular weight is 448 g/mol. The van der Waals surface area contributed by atoms with Crippen molar-refractivity contribution in [1.82, 2.24) is 8.61 Å². The fourth-order valence-corrected chi connectivity index (χ4v) is 4.92.